The van der Waals surface area contributed by atoms with E-state index in [0.29, 0.717) is 5.76 Å². The molecule has 5 nitrogen and oxygen atoms in total. The first-order valence-electron chi connectivity index (χ1n) is 4.55. The minimum atomic E-state index is -0.546. The van der Waals surface area contributed by atoms with E-state index in [1.165, 1.54) is 20.1 Å². The standard InChI is InChI=1S/C11H11NO4/c1-8(13)12-7-3-4-9-5-6-10(16-9)11(14)15-2/h5-6H,7H2,1-2H3,(H,12,13). The van der Waals surface area contributed by atoms with Gasteiger partial charge >= 0.3 is 5.97 Å². The first kappa shape index (κ1) is 11.9. The van der Waals surface area contributed by atoms with Gasteiger partial charge in [0.25, 0.3) is 0 Å². The molecule has 0 aliphatic carbocycles. The van der Waals surface area contributed by atoms with Crippen LogP contribution in [0, 0.1) is 11.8 Å². The van der Waals surface area contributed by atoms with E-state index in [0.717, 1.165) is 0 Å². The molecule has 0 aliphatic rings. The molecule has 0 radical (unpaired) electrons. The minimum absolute atomic E-state index is 0.103. The van der Waals surface area contributed by atoms with E-state index in [9.17, 15) is 9.59 Å². The van der Waals surface area contributed by atoms with Gasteiger partial charge in [-0.05, 0) is 18.1 Å². The fourth-order valence-electron chi connectivity index (χ4n) is 0.915. The zero-order valence-electron chi connectivity index (χ0n) is 8.99. The Balaban J connectivity index is 2.58. The Bertz CT molecular complexity index is 450. The highest BCUT2D eigenvalue weighted by Crippen LogP contribution is 2.07. The van der Waals surface area contributed by atoms with Crippen molar-refractivity contribution in [2.75, 3.05) is 13.7 Å². The molecule has 0 unspecified atom stereocenters. The Morgan fingerprint density at radius 3 is 2.88 bits per heavy atom. The second-order valence-corrected chi connectivity index (χ2v) is 2.87. The Hall–Kier alpha value is -2.22. The van der Waals surface area contributed by atoms with Crippen molar-refractivity contribution in [1.29, 1.82) is 0 Å². The highest BCUT2D eigenvalue weighted by Gasteiger charge is 2.09. The maximum atomic E-state index is 11.0. The van der Waals surface area contributed by atoms with Crippen LogP contribution in [0.5, 0.6) is 0 Å². The van der Waals surface area contributed by atoms with Gasteiger partial charge < -0.3 is 14.5 Å². The SMILES string of the molecule is COC(=O)c1ccc(C#CCNC(C)=O)o1. The third-order valence-electron chi connectivity index (χ3n) is 1.63. The summed E-state index contributed by atoms with van der Waals surface area (Å²) in [4.78, 5) is 21.5. The molecule has 16 heavy (non-hydrogen) atoms. The van der Waals surface area contributed by atoms with Gasteiger partial charge in [-0.3, -0.25) is 4.79 Å². The highest BCUT2D eigenvalue weighted by atomic mass is 16.5. The molecule has 84 valence electrons. The van der Waals surface area contributed by atoms with Crippen molar-refractivity contribution < 1.29 is 18.7 Å². The zero-order valence-corrected chi connectivity index (χ0v) is 8.99. The lowest BCUT2D eigenvalue weighted by Crippen LogP contribution is -2.19. The normalized spacial score (nSPS) is 8.88. The van der Waals surface area contributed by atoms with Crippen LogP contribution in [0.3, 0.4) is 0 Å². The van der Waals surface area contributed by atoms with Crippen molar-refractivity contribution in [3.8, 4) is 11.8 Å². The van der Waals surface area contributed by atoms with Crippen molar-refractivity contribution in [2.24, 2.45) is 0 Å². The van der Waals surface area contributed by atoms with Gasteiger partial charge in [-0.25, -0.2) is 4.79 Å². The quantitative estimate of drug-likeness (QED) is 0.585. The monoisotopic (exact) mass is 221 g/mol. The first-order chi connectivity index (χ1) is 7.63. The van der Waals surface area contributed by atoms with E-state index in [1.54, 1.807) is 6.07 Å². The molecule has 0 saturated heterocycles. The summed E-state index contributed by atoms with van der Waals surface area (Å²) >= 11 is 0. The van der Waals surface area contributed by atoms with E-state index in [-0.39, 0.29) is 18.2 Å². The molecular formula is C11H11NO4. The van der Waals surface area contributed by atoms with E-state index in [4.69, 9.17) is 4.42 Å². The lowest BCUT2D eigenvalue weighted by molar-refractivity contribution is -0.118. The van der Waals surface area contributed by atoms with Gasteiger partial charge in [-0.2, -0.15) is 0 Å². The third-order valence-corrected chi connectivity index (χ3v) is 1.63. The van der Waals surface area contributed by atoms with Crippen LogP contribution in [0.4, 0.5) is 0 Å². The molecule has 1 heterocycles. The second kappa shape index (κ2) is 5.61. The van der Waals surface area contributed by atoms with Crippen LogP contribution >= 0.6 is 0 Å². The van der Waals surface area contributed by atoms with Crippen LogP contribution in [0.25, 0.3) is 0 Å². The number of amides is 1. The summed E-state index contributed by atoms with van der Waals surface area (Å²) in [5.74, 6) is 5.10. The fourth-order valence-corrected chi connectivity index (χ4v) is 0.915. The lowest BCUT2D eigenvalue weighted by Gasteiger charge is -1.91. The van der Waals surface area contributed by atoms with Crippen LogP contribution in [-0.2, 0) is 9.53 Å². The average molecular weight is 221 g/mol. The van der Waals surface area contributed by atoms with Gasteiger partial charge in [-0.15, -0.1) is 0 Å². The fraction of sp³-hybridized carbons (Fsp3) is 0.273. The van der Waals surface area contributed by atoms with Crippen molar-refractivity contribution in [2.45, 2.75) is 6.92 Å². The number of esters is 1. The molecule has 0 fully saturated rings. The molecule has 0 aliphatic heterocycles. The number of hydrogen-bond donors (Lipinski definition) is 1. The highest BCUT2D eigenvalue weighted by molar-refractivity contribution is 5.86. The Kier molecular flexibility index (Phi) is 4.16. The molecule has 1 amide bonds. The van der Waals surface area contributed by atoms with Gasteiger partial charge in [0, 0.05) is 6.92 Å². The number of hydrogen-bond acceptors (Lipinski definition) is 4. The molecule has 1 rings (SSSR count). The molecule has 0 saturated carbocycles. The van der Waals surface area contributed by atoms with Crippen LogP contribution in [0.2, 0.25) is 0 Å². The molecular weight excluding hydrogens is 210 g/mol. The molecule has 0 bridgehead atoms. The van der Waals surface area contributed by atoms with E-state index in [2.05, 4.69) is 21.9 Å². The number of nitrogens with one attached hydrogen (secondary N) is 1. The molecule has 0 atom stereocenters. The van der Waals surface area contributed by atoms with Crippen LogP contribution in [0.1, 0.15) is 23.2 Å². The second-order valence-electron chi connectivity index (χ2n) is 2.87. The smallest absolute Gasteiger partial charge is 0.374 e. The molecule has 1 N–H and O–H groups in total. The van der Waals surface area contributed by atoms with Crippen LogP contribution in [0.15, 0.2) is 16.5 Å². The summed E-state index contributed by atoms with van der Waals surface area (Å²) in [6.07, 6.45) is 0. The predicted molar refractivity (Wildman–Crippen MR) is 55.6 cm³/mol. The topological polar surface area (TPSA) is 68.5 Å². The molecule has 5 heteroatoms. The van der Waals surface area contributed by atoms with Gasteiger partial charge in [0.2, 0.25) is 11.7 Å². The molecule has 0 aromatic carbocycles. The van der Waals surface area contributed by atoms with Crippen molar-refractivity contribution in [3.63, 3.8) is 0 Å². The third kappa shape index (κ3) is 3.50. The molecule has 1 aromatic rings. The van der Waals surface area contributed by atoms with E-state index in [1.807, 2.05) is 0 Å². The van der Waals surface area contributed by atoms with Crippen molar-refractivity contribution in [1.82, 2.24) is 5.32 Å². The average Bonchev–Trinajstić information content (AvgIpc) is 2.71. The summed E-state index contributed by atoms with van der Waals surface area (Å²) in [5, 5.41) is 2.51. The number of ether oxygens (including phenoxy) is 1. The molecule has 0 spiro atoms. The maximum absolute atomic E-state index is 11.0. The Labute approximate surface area is 92.8 Å². The summed E-state index contributed by atoms with van der Waals surface area (Å²) < 4.78 is 9.55. The Morgan fingerprint density at radius 1 is 1.50 bits per heavy atom. The summed E-state index contributed by atoms with van der Waals surface area (Å²) in [7, 11) is 1.27. The number of carbonyl (C=O) groups is 2. The van der Waals surface area contributed by atoms with E-state index >= 15 is 0 Å². The van der Waals surface area contributed by atoms with Crippen LogP contribution < -0.4 is 5.32 Å². The lowest BCUT2D eigenvalue weighted by atomic mass is 10.4. The summed E-state index contributed by atoms with van der Waals surface area (Å²) in [6, 6.07) is 3.04. The zero-order chi connectivity index (χ0) is 12.0. The maximum Gasteiger partial charge on any atom is 0.374 e. The Morgan fingerprint density at radius 2 is 2.25 bits per heavy atom. The van der Waals surface area contributed by atoms with E-state index < -0.39 is 5.97 Å². The van der Waals surface area contributed by atoms with Crippen molar-refractivity contribution >= 4 is 11.9 Å². The summed E-state index contributed by atoms with van der Waals surface area (Å²) in [5.41, 5.74) is 0. The number of furan rings is 1. The molecule has 1 aromatic heterocycles. The summed E-state index contributed by atoms with van der Waals surface area (Å²) in [6.45, 7) is 1.65. The van der Waals surface area contributed by atoms with Crippen molar-refractivity contribution in [3.05, 3.63) is 23.7 Å². The van der Waals surface area contributed by atoms with Gasteiger partial charge in [0.15, 0.2) is 5.76 Å². The van der Waals surface area contributed by atoms with Crippen LogP contribution in [-0.4, -0.2) is 25.5 Å². The predicted octanol–water partition coefficient (Wildman–Crippen LogP) is 0.554. The number of methoxy groups -OCH3 is 1. The largest absolute Gasteiger partial charge is 0.463 e. The first-order valence-corrected chi connectivity index (χ1v) is 4.55. The number of rotatable bonds is 2. The van der Waals surface area contributed by atoms with Gasteiger partial charge in [0.05, 0.1) is 13.7 Å². The van der Waals surface area contributed by atoms with Gasteiger partial charge in [-0.1, -0.05) is 5.92 Å². The number of carbonyl (C=O) groups excluding carboxylic acids is 2. The minimum Gasteiger partial charge on any atom is -0.463 e. The van der Waals surface area contributed by atoms with Gasteiger partial charge in [0.1, 0.15) is 0 Å².